The third-order valence-electron chi connectivity index (χ3n) is 4.00. The Balaban J connectivity index is 2.48. The second-order valence-corrected chi connectivity index (χ2v) is 5.70. The summed E-state index contributed by atoms with van der Waals surface area (Å²) in [6.07, 6.45) is 2.08. The van der Waals surface area contributed by atoms with Crippen molar-refractivity contribution in [2.75, 3.05) is 0 Å². The second-order valence-electron chi connectivity index (χ2n) is 5.70. The number of nitrogens with one attached hydrogen (secondary N) is 2. The van der Waals surface area contributed by atoms with Gasteiger partial charge in [-0.2, -0.15) is 0 Å². The Morgan fingerprint density at radius 1 is 1.22 bits per heavy atom. The summed E-state index contributed by atoms with van der Waals surface area (Å²) in [6.45, 7) is 7.86. The zero-order valence-electron chi connectivity index (χ0n) is 11.6. The molecule has 0 aromatic heterocycles. The molecule has 3 N–H and O–H groups in total. The number of rotatable bonds is 4. The van der Waals surface area contributed by atoms with E-state index >= 15 is 0 Å². The molecule has 18 heavy (non-hydrogen) atoms. The van der Waals surface area contributed by atoms with Crippen LogP contribution in [0.15, 0.2) is 0 Å². The molecule has 4 atom stereocenters. The predicted octanol–water partition coefficient (Wildman–Crippen LogP) is 1.83. The molecule has 0 aliphatic heterocycles. The number of carboxylic acid groups (broad SMARTS) is 1. The molecular formula is C13H24N2O3. The Kier molecular flexibility index (Phi) is 4.99. The van der Waals surface area contributed by atoms with Crippen molar-refractivity contribution in [3.05, 3.63) is 0 Å². The van der Waals surface area contributed by atoms with Crippen LogP contribution in [-0.4, -0.2) is 29.2 Å². The number of carbonyl (C=O) groups is 2. The number of carboxylic acids is 1. The SMILES string of the molecule is CC1CCC(NC(=O)N[C@H](C(=O)O)C(C)C)C1C. The van der Waals surface area contributed by atoms with Gasteiger partial charge in [0.15, 0.2) is 0 Å². The molecule has 0 saturated heterocycles. The van der Waals surface area contributed by atoms with Crippen molar-refractivity contribution >= 4 is 12.0 Å². The number of hydrogen-bond acceptors (Lipinski definition) is 2. The van der Waals surface area contributed by atoms with Crippen molar-refractivity contribution in [3.63, 3.8) is 0 Å². The molecule has 1 saturated carbocycles. The average Bonchev–Trinajstić information content (AvgIpc) is 2.57. The van der Waals surface area contributed by atoms with Crippen molar-refractivity contribution in [3.8, 4) is 0 Å². The van der Waals surface area contributed by atoms with E-state index in [4.69, 9.17) is 5.11 Å². The number of aliphatic carboxylic acids is 1. The van der Waals surface area contributed by atoms with E-state index in [9.17, 15) is 9.59 Å². The lowest BCUT2D eigenvalue weighted by atomic mass is 9.98. The van der Waals surface area contributed by atoms with Crippen molar-refractivity contribution in [2.24, 2.45) is 17.8 Å². The summed E-state index contributed by atoms with van der Waals surface area (Å²) in [5, 5.41) is 14.4. The molecule has 3 unspecified atom stereocenters. The lowest BCUT2D eigenvalue weighted by molar-refractivity contribution is -0.140. The molecular weight excluding hydrogens is 232 g/mol. The standard InChI is InChI=1S/C13H24N2O3/c1-7(2)11(12(16)17)15-13(18)14-10-6-5-8(3)9(10)4/h7-11H,5-6H2,1-4H3,(H,16,17)(H2,14,15,18)/t8?,9?,10?,11-/m0/s1. The molecule has 0 bridgehead atoms. The van der Waals surface area contributed by atoms with E-state index < -0.39 is 12.0 Å². The maximum absolute atomic E-state index is 11.8. The van der Waals surface area contributed by atoms with Crippen LogP contribution in [0, 0.1) is 17.8 Å². The lowest BCUT2D eigenvalue weighted by Gasteiger charge is -2.23. The fraction of sp³-hybridized carbons (Fsp3) is 0.846. The molecule has 0 radical (unpaired) electrons. The highest BCUT2D eigenvalue weighted by molar-refractivity contribution is 5.82. The highest BCUT2D eigenvalue weighted by atomic mass is 16.4. The zero-order chi connectivity index (χ0) is 13.9. The maximum Gasteiger partial charge on any atom is 0.326 e. The summed E-state index contributed by atoms with van der Waals surface area (Å²) in [6, 6.07) is -1.05. The fourth-order valence-electron chi connectivity index (χ4n) is 2.43. The van der Waals surface area contributed by atoms with Crippen LogP contribution in [0.5, 0.6) is 0 Å². The Labute approximate surface area is 108 Å². The number of amides is 2. The van der Waals surface area contributed by atoms with Gasteiger partial charge in [0.25, 0.3) is 0 Å². The molecule has 0 aromatic rings. The monoisotopic (exact) mass is 256 g/mol. The van der Waals surface area contributed by atoms with Crippen LogP contribution in [0.1, 0.15) is 40.5 Å². The first-order chi connectivity index (χ1) is 8.32. The largest absolute Gasteiger partial charge is 0.480 e. The van der Waals surface area contributed by atoms with Gasteiger partial charge in [0.1, 0.15) is 6.04 Å². The Morgan fingerprint density at radius 3 is 2.22 bits per heavy atom. The molecule has 5 nitrogen and oxygen atoms in total. The smallest absolute Gasteiger partial charge is 0.326 e. The maximum atomic E-state index is 11.8. The van der Waals surface area contributed by atoms with E-state index in [1.807, 2.05) is 0 Å². The van der Waals surface area contributed by atoms with Crippen LogP contribution in [0.25, 0.3) is 0 Å². The molecule has 104 valence electrons. The van der Waals surface area contributed by atoms with Crippen LogP contribution >= 0.6 is 0 Å². The number of hydrogen-bond donors (Lipinski definition) is 3. The normalized spacial score (nSPS) is 29.1. The van der Waals surface area contributed by atoms with Gasteiger partial charge in [0.05, 0.1) is 0 Å². The second kappa shape index (κ2) is 6.07. The topological polar surface area (TPSA) is 78.4 Å². The average molecular weight is 256 g/mol. The highest BCUT2D eigenvalue weighted by Crippen LogP contribution is 2.30. The van der Waals surface area contributed by atoms with E-state index in [0.29, 0.717) is 11.8 Å². The first kappa shape index (κ1) is 14.8. The van der Waals surface area contributed by atoms with E-state index in [0.717, 1.165) is 12.8 Å². The van der Waals surface area contributed by atoms with E-state index in [-0.39, 0.29) is 18.0 Å². The first-order valence-electron chi connectivity index (χ1n) is 6.62. The van der Waals surface area contributed by atoms with Crippen LogP contribution in [0.4, 0.5) is 4.79 Å². The minimum atomic E-state index is -0.993. The van der Waals surface area contributed by atoms with Gasteiger partial charge in [-0.1, -0.05) is 27.7 Å². The van der Waals surface area contributed by atoms with Gasteiger partial charge in [-0.05, 0) is 30.6 Å². The summed E-state index contributed by atoms with van der Waals surface area (Å²) in [7, 11) is 0. The molecule has 1 fully saturated rings. The minimum Gasteiger partial charge on any atom is -0.480 e. The fourth-order valence-corrected chi connectivity index (χ4v) is 2.43. The van der Waals surface area contributed by atoms with Crippen molar-refractivity contribution in [2.45, 2.75) is 52.6 Å². The third-order valence-corrected chi connectivity index (χ3v) is 4.00. The van der Waals surface area contributed by atoms with Gasteiger partial charge in [-0.15, -0.1) is 0 Å². The summed E-state index contributed by atoms with van der Waals surface area (Å²) < 4.78 is 0. The van der Waals surface area contributed by atoms with Gasteiger partial charge >= 0.3 is 12.0 Å². The molecule has 0 heterocycles. The van der Waals surface area contributed by atoms with E-state index in [1.54, 1.807) is 13.8 Å². The van der Waals surface area contributed by atoms with Crippen LogP contribution in [0.2, 0.25) is 0 Å². The molecule has 0 aromatic carbocycles. The summed E-state index contributed by atoms with van der Waals surface area (Å²) in [5.74, 6) is -0.0742. The molecule has 0 spiro atoms. The molecule has 1 aliphatic rings. The van der Waals surface area contributed by atoms with Gasteiger partial charge in [0, 0.05) is 6.04 Å². The van der Waals surface area contributed by atoms with E-state index in [2.05, 4.69) is 24.5 Å². The van der Waals surface area contributed by atoms with Crippen LogP contribution < -0.4 is 10.6 Å². The Morgan fingerprint density at radius 2 is 1.83 bits per heavy atom. The van der Waals surface area contributed by atoms with Crippen molar-refractivity contribution < 1.29 is 14.7 Å². The quantitative estimate of drug-likeness (QED) is 0.718. The molecule has 1 aliphatic carbocycles. The van der Waals surface area contributed by atoms with Crippen molar-refractivity contribution in [1.29, 1.82) is 0 Å². The molecule has 2 amide bonds. The van der Waals surface area contributed by atoms with E-state index in [1.165, 1.54) is 0 Å². The van der Waals surface area contributed by atoms with Gasteiger partial charge in [-0.25, -0.2) is 9.59 Å². The number of carbonyl (C=O) groups excluding carboxylic acids is 1. The zero-order valence-corrected chi connectivity index (χ0v) is 11.6. The highest BCUT2D eigenvalue weighted by Gasteiger charge is 2.32. The van der Waals surface area contributed by atoms with Crippen molar-refractivity contribution in [1.82, 2.24) is 10.6 Å². The Bertz CT molecular complexity index is 317. The minimum absolute atomic E-state index is 0.131. The summed E-state index contributed by atoms with van der Waals surface area (Å²) >= 11 is 0. The molecule has 5 heteroatoms. The Hall–Kier alpha value is -1.26. The van der Waals surface area contributed by atoms with Gasteiger partial charge in [-0.3, -0.25) is 0 Å². The van der Waals surface area contributed by atoms with Gasteiger partial charge in [0.2, 0.25) is 0 Å². The van der Waals surface area contributed by atoms with Crippen LogP contribution in [0.3, 0.4) is 0 Å². The van der Waals surface area contributed by atoms with Gasteiger partial charge < -0.3 is 15.7 Å². The number of urea groups is 1. The predicted molar refractivity (Wildman–Crippen MR) is 69.3 cm³/mol. The third kappa shape index (κ3) is 3.62. The first-order valence-corrected chi connectivity index (χ1v) is 6.62. The summed E-state index contributed by atoms with van der Waals surface area (Å²) in [4.78, 5) is 22.8. The molecule has 1 rings (SSSR count). The lowest BCUT2D eigenvalue weighted by Crippen LogP contribution is -2.51. The summed E-state index contributed by atoms with van der Waals surface area (Å²) in [5.41, 5.74) is 0. The van der Waals surface area contributed by atoms with Crippen LogP contribution in [-0.2, 0) is 4.79 Å².